The van der Waals surface area contributed by atoms with E-state index in [0.717, 1.165) is 49.0 Å². The molecule has 1 fully saturated rings. The Bertz CT molecular complexity index is 1450. The number of ether oxygens (including phenoxy) is 1. The number of H-pyrrole nitrogens is 1. The fourth-order valence-electron chi connectivity index (χ4n) is 4.69. The lowest BCUT2D eigenvalue weighted by molar-refractivity contribution is -0.137. The highest BCUT2D eigenvalue weighted by atomic mass is 35.5. The van der Waals surface area contributed by atoms with Crippen LogP contribution in [0.4, 0.5) is 24.7 Å². The van der Waals surface area contributed by atoms with Crippen LogP contribution in [-0.2, 0) is 6.18 Å². The van der Waals surface area contributed by atoms with E-state index in [0.29, 0.717) is 17.2 Å². The van der Waals surface area contributed by atoms with Crippen LogP contribution in [0.3, 0.4) is 0 Å². The highest BCUT2D eigenvalue weighted by molar-refractivity contribution is 6.32. The molecule has 0 spiro atoms. The molecule has 1 saturated heterocycles. The van der Waals surface area contributed by atoms with E-state index >= 15 is 0 Å². The number of alkyl halides is 3. The van der Waals surface area contributed by atoms with E-state index in [1.54, 1.807) is 18.2 Å². The summed E-state index contributed by atoms with van der Waals surface area (Å²) in [6.07, 6.45) is 1.54. The molecule has 3 N–H and O–H groups in total. The summed E-state index contributed by atoms with van der Waals surface area (Å²) < 4.78 is 44.7. The molecule has 0 aliphatic carbocycles. The molecule has 0 amide bonds. The lowest BCUT2D eigenvalue weighted by Crippen LogP contribution is -2.39. The number of rotatable bonds is 7. The van der Waals surface area contributed by atoms with Crippen LogP contribution in [0.25, 0.3) is 11.0 Å². The third kappa shape index (κ3) is 5.47. The zero-order valence-electron chi connectivity index (χ0n) is 20.2. The first kappa shape index (κ1) is 26.0. The Morgan fingerprint density at radius 2 is 1.97 bits per heavy atom. The molecule has 0 radical (unpaired) electrons. The van der Waals surface area contributed by atoms with Crippen molar-refractivity contribution in [2.24, 2.45) is 0 Å². The van der Waals surface area contributed by atoms with E-state index in [1.165, 1.54) is 24.5 Å². The number of anilines is 2. The lowest BCUT2D eigenvalue weighted by Gasteiger charge is -2.33. The number of aromatic amines is 1. The zero-order valence-corrected chi connectivity index (χ0v) is 20.9. The summed E-state index contributed by atoms with van der Waals surface area (Å²) in [5, 5.41) is 14.4. The molecule has 2 aromatic carbocycles. The summed E-state index contributed by atoms with van der Waals surface area (Å²) in [7, 11) is 0. The molecule has 11 heteroatoms. The van der Waals surface area contributed by atoms with Crippen molar-refractivity contribution in [3.63, 3.8) is 0 Å². The van der Waals surface area contributed by atoms with E-state index < -0.39 is 18.0 Å². The summed E-state index contributed by atoms with van der Waals surface area (Å²) >= 11 is 6.42. The molecule has 0 saturated carbocycles. The number of aliphatic hydroxyl groups excluding tert-OH is 1. The first-order chi connectivity index (χ1) is 18.2. The third-order valence-corrected chi connectivity index (χ3v) is 6.93. The summed E-state index contributed by atoms with van der Waals surface area (Å²) in [6.45, 7) is 5.14. The van der Waals surface area contributed by atoms with Crippen LogP contribution < -0.4 is 10.1 Å². The lowest BCUT2D eigenvalue weighted by atomic mass is 9.89. The first-order valence-electron chi connectivity index (χ1n) is 12.0. The molecule has 198 valence electrons. The maximum atomic E-state index is 13.0. The maximum Gasteiger partial charge on any atom is 0.416 e. The zero-order chi connectivity index (χ0) is 26.9. The SMILES string of the molecule is C=CC(O)N1CCC(c2c[nH]c3ncnc(Nc4ccc(Oc5cccc(C(F)(F)F)c5)c(Cl)c4)c23)CC1. The largest absolute Gasteiger partial charge is 0.456 e. The van der Waals surface area contributed by atoms with E-state index in [2.05, 4.69) is 26.8 Å². The normalized spacial score (nSPS) is 15.9. The molecule has 1 atom stereocenters. The molecular weight excluding hydrogens is 519 g/mol. The van der Waals surface area contributed by atoms with Crippen LogP contribution in [0, 0.1) is 0 Å². The van der Waals surface area contributed by atoms with Gasteiger partial charge in [-0.2, -0.15) is 13.2 Å². The maximum absolute atomic E-state index is 13.0. The van der Waals surface area contributed by atoms with Crippen molar-refractivity contribution >= 4 is 34.1 Å². The van der Waals surface area contributed by atoms with Gasteiger partial charge in [-0.15, -0.1) is 0 Å². The van der Waals surface area contributed by atoms with Crippen molar-refractivity contribution in [3.8, 4) is 11.5 Å². The van der Waals surface area contributed by atoms with Crippen molar-refractivity contribution in [1.82, 2.24) is 19.9 Å². The fourth-order valence-corrected chi connectivity index (χ4v) is 4.91. The van der Waals surface area contributed by atoms with Crippen LogP contribution in [-0.4, -0.2) is 44.3 Å². The van der Waals surface area contributed by atoms with E-state index in [9.17, 15) is 18.3 Å². The van der Waals surface area contributed by atoms with Crippen molar-refractivity contribution in [2.75, 3.05) is 18.4 Å². The third-order valence-electron chi connectivity index (χ3n) is 6.64. The molecule has 1 aliphatic rings. The Morgan fingerprint density at radius 1 is 1.18 bits per heavy atom. The van der Waals surface area contributed by atoms with Gasteiger partial charge in [0.2, 0.25) is 0 Å². The molecule has 0 bridgehead atoms. The minimum atomic E-state index is -4.47. The molecule has 5 rings (SSSR count). The van der Waals surface area contributed by atoms with Gasteiger partial charge < -0.3 is 20.1 Å². The number of nitrogens with zero attached hydrogens (tertiary/aromatic N) is 3. The minimum absolute atomic E-state index is 0.0311. The van der Waals surface area contributed by atoms with Gasteiger partial charge in [0.1, 0.15) is 35.5 Å². The van der Waals surface area contributed by atoms with Gasteiger partial charge in [-0.25, -0.2) is 9.97 Å². The summed E-state index contributed by atoms with van der Waals surface area (Å²) in [5.74, 6) is 1.11. The fraction of sp³-hybridized carbons (Fsp3) is 0.259. The number of hydrogen-bond donors (Lipinski definition) is 3. The molecule has 38 heavy (non-hydrogen) atoms. The van der Waals surface area contributed by atoms with Crippen LogP contribution >= 0.6 is 11.6 Å². The number of aliphatic hydroxyl groups is 1. The smallest absolute Gasteiger partial charge is 0.416 e. The van der Waals surface area contributed by atoms with E-state index in [4.69, 9.17) is 16.3 Å². The Hall–Kier alpha value is -3.60. The quantitative estimate of drug-likeness (QED) is 0.221. The van der Waals surface area contributed by atoms with E-state index in [1.807, 2.05) is 11.1 Å². The number of benzene rings is 2. The van der Waals surface area contributed by atoms with Crippen molar-refractivity contribution in [2.45, 2.75) is 31.2 Å². The minimum Gasteiger partial charge on any atom is -0.456 e. The van der Waals surface area contributed by atoms with Gasteiger partial charge in [0.05, 0.1) is 16.0 Å². The Morgan fingerprint density at radius 3 is 2.68 bits per heavy atom. The number of piperidine rings is 1. The number of aromatic nitrogens is 3. The molecular formula is C27H25ClF3N5O2. The van der Waals surface area contributed by atoms with Gasteiger partial charge in [0, 0.05) is 25.0 Å². The second-order valence-corrected chi connectivity index (χ2v) is 9.45. The summed E-state index contributed by atoms with van der Waals surface area (Å²) in [6, 6.07) is 9.54. The number of likely N-dealkylation sites (tertiary alicyclic amines) is 1. The Balaban J connectivity index is 1.35. The Labute approximate surface area is 221 Å². The molecule has 2 aromatic heterocycles. The number of hydrogen-bond acceptors (Lipinski definition) is 6. The standard InChI is InChI=1S/C27H25ClF3N5O2/c1-2-23(37)36-10-8-16(9-11-36)20-14-32-25-24(20)26(34-15-33-25)35-18-6-7-22(21(28)13-18)38-19-5-3-4-17(12-19)27(29,30)31/h2-7,12-16,23,37H,1,8-11H2,(H2,32,33,34,35). The molecule has 7 nitrogen and oxygen atoms in total. The predicted octanol–water partition coefficient (Wildman–Crippen LogP) is 6.85. The second-order valence-electron chi connectivity index (χ2n) is 9.05. The van der Waals surface area contributed by atoms with Gasteiger partial charge >= 0.3 is 6.18 Å². The van der Waals surface area contributed by atoms with Gasteiger partial charge in [-0.3, -0.25) is 4.90 Å². The topological polar surface area (TPSA) is 86.3 Å². The van der Waals surface area contributed by atoms with Gasteiger partial charge in [0.15, 0.2) is 0 Å². The average molecular weight is 544 g/mol. The van der Waals surface area contributed by atoms with Gasteiger partial charge in [-0.1, -0.05) is 24.2 Å². The van der Waals surface area contributed by atoms with Crippen LogP contribution in [0.5, 0.6) is 11.5 Å². The van der Waals surface area contributed by atoms with E-state index in [-0.39, 0.29) is 22.4 Å². The second kappa shape index (κ2) is 10.6. The van der Waals surface area contributed by atoms with Gasteiger partial charge in [0.25, 0.3) is 0 Å². The molecule has 3 heterocycles. The predicted molar refractivity (Wildman–Crippen MR) is 140 cm³/mol. The van der Waals surface area contributed by atoms with Crippen molar-refractivity contribution < 1.29 is 23.0 Å². The number of fused-ring (bicyclic) bond motifs is 1. The Kier molecular flexibility index (Phi) is 7.29. The highest BCUT2D eigenvalue weighted by Crippen LogP contribution is 2.38. The van der Waals surface area contributed by atoms with Crippen molar-refractivity contribution in [1.29, 1.82) is 0 Å². The average Bonchev–Trinajstić information content (AvgIpc) is 3.35. The van der Waals surface area contributed by atoms with Crippen molar-refractivity contribution in [3.05, 3.63) is 83.8 Å². The molecule has 1 aliphatic heterocycles. The monoisotopic (exact) mass is 543 g/mol. The first-order valence-corrected chi connectivity index (χ1v) is 12.4. The number of nitrogens with one attached hydrogen (secondary N) is 2. The highest BCUT2D eigenvalue weighted by Gasteiger charge is 2.31. The summed E-state index contributed by atoms with van der Waals surface area (Å²) in [4.78, 5) is 14.0. The van der Waals surface area contributed by atoms with Gasteiger partial charge in [-0.05, 0) is 66.8 Å². The molecule has 4 aromatic rings. The number of halogens is 4. The molecule has 1 unspecified atom stereocenters. The van der Waals surface area contributed by atoms with Crippen LogP contribution in [0.1, 0.15) is 29.9 Å². The summed E-state index contributed by atoms with van der Waals surface area (Å²) in [5.41, 5.74) is 1.61. The van der Waals surface area contributed by atoms with Crippen LogP contribution in [0.15, 0.2) is 67.6 Å². The van der Waals surface area contributed by atoms with Crippen LogP contribution in [0.2, 0.25) is 5.02 Å².